The SMILES string of the molecule is CCCn1cc(C2(O)CCN(C(C)C)CC2)cn1. The van der Waals surface area contributed by atoms with Crippen LogP contribution in [0.5, 0.6) is 0 Å². The molecule has 0 aromatic carbocycles. The van der Waals surface area contributed by atoms with Crippen LogP contribution in [0.4, 0.5) is 0 Å². The van der Waals surface area contributed by atoms with Crippen molar-refractivity contribution in [3.05, 3.63) is 18.0 Å². The summed E-state index contributed by atoms with van der Waals surface area (Å²) in [4.78, 5) is 2.42. The lowest BCUT2D eigenvalue weighted by atomic mass is 9.86. The lowest BCUT2D eigenvalue weighted by Crippen LogP contribution is -2.45. The molecule has 0 bridgehead atoms. The zero-order chi connectivity index (χ0) is 13.2. The Hall–Kier alpha value is -0.870. The summed E-state index contributed by atoms with van der Waals surface area (Å²) in [5.41, 5.74) is 0.316. The van der Waals surface area contributed by atoms with Crippen LogP contribution in [0.2, 0.25) is 0 Å². The molecule has 0 saturated carbocycles. The van der Waals surface area contributed by atoms with Gasteiger partial charge >= 0.3 is 0 Å². The average Bonchev–Trinajstić information content (AvgIpc) is 2.79. The number of piperidine rings is 1. The van der Waals surface area contributed by atoms with Gasteiger partial charge in [0.15, 0.2) is 0 Å². The molecule has 2 rings (SSSR count). The van der Waals surface area contributed by atoms with Crippen molar-refractivity contribution in [3.8, 4) is 0 Å². The second kappa shape index (κ2) is 5.41. The minimum Gasteiger partial charge on any atom is -0.385 e. The van der Waals surface area contributed by atoms with E-state index in [1.54, 1.807) is 0 Å². The van der Waals surface area contributed by atoms with Gasteiger partial charge in [-0.1, -0.05) is 6.92 Å². The molecule has 2 heterocycles. The minimum absolute atomic E-state index is 0.567. The number of hydrogen-bond donors (Lipinski definition) is 1. The first-order valence-electron chi connectivity index (χ1n) is 7.04. The van der Waals surface area contributed by atoms with Crippen molar-refractivity contribution in [2.45, 2.75) is 58.2 Å². The van der Waals surface area contributed by atoms with Gasteiger partial charge in [-0.25, -0.2) is 0 Å². The van der Waals surface area contributed by atoms with Crippen LogP contribution in [-0.2, 0) is 12.1 Å². The molecule has 102 valence electrons. The maximum Gasteiger partial charge on any atom is 0.0951 e. The van der Waals surface area contributed by atoms with Gasteiger partial charge in [-0.2, -0.15) is 5.10 Å². The zero-order valence-electron chi connectivity index (χ0n) is 11.8. The van der Waals surface area contributed by atoms with Crippen LogP contribution in [0, 0.1) is 0 Å². The molecule has 4 heteroatoms. The quantitative estimate of drug-likeness (QED) is 0.889. The third kappa shape index (κ3) is 2.75. The maximum atomic E-state index is 10.7. The van der Waals surface area contributed by atoms with Gasteiger partial charge in [0.25, 0.3) is 0 Å². The molecule has 1 aromatic rings. The molecule has 4 nitrogen and oxygen atoms in total. The Morgan fingerprint density at radius 3 is 2.61 bits per heavy atom. The van der Waals surface area contributed by atoms with Crippen LogP contribution in [0.15, 0.2) is 12.4 Å². The summed E-state index contributed by atoms with van der Waals surface area (Å²) in [5.74, 6) is 0. The average molecular weight is 251 g/mol. The van der Waals surface area contributed by atoms with Gasteiger partial charge in [-0.3, -0.25) is 4.68 Å². The Balaban J connectivity index is 2.03. The van der Waals surface area contributed by atoms with Gasteiger partial charge in [0, 0.05) is 37.4 Å². The normalized spacial score (nSPS) is 20.5. The molecule has 0 unspecified atom stereocenters. The van der Waals surface area contributed by atoms with Gasteiger partial charge in [0.05, 0.1) is 11.8 Å². The van der Waals surface area contributed by atoms with Gasteiger partial charge < -0.3 is 10.0 Å². The molecule has 1 fully saturated rings. The lowest BCUT2D eigenvalue weighted by molar-refractivity contribution is -0.0324. The summed E-state index contributed by atoms with van der Waals surface area (Å²) < 4.78 is 1.93. The van der Waals surface area contributed by atoms with E-state index < -0.39 is 5.60 Å². The van der Waals surface area contributed by atoms with Crippen LogP contribution < -0.4 is 0 Å². The summed E-state index contributed by atoms with van der Waals surface area (Å²) in [6.07, 6.45) is 6.53. The summed E-state index contributed by atoms with van der Waals surface area (Å²) >= 11 is 0. The van der Waals surface area contributed by atoms with Crippen molar-refractivity contribution >= 4 is 0 Å². The van der Waals surface area contributed by atoms with E-state index in [9.17, 15) is 5.11 Å². The lowest BCUT2D eigenvalue weighted by Gasteiger charge is -2.39. The molecule has 18 heavy (non-hydrogen) atoms. The Bertz CT molecular complexity index is 378. The second-order valence-electron chi connectivity index (χ2n) is 5.65. The van der Waals surface area contributed by atoms with Crippen LogP contribution in [0.1, 0.15) is 45.6 Å². The number of aliphatic hydroxyl groups is 1. The van der Waals surface area contributed by atoms with Crippen molar-refractivity contribution in [2.24, 2.45) is 0 Å². The predicted molar refractivity (Wildman–Crippen MR) is 72.4 cm³/mol. The Labute approximate surface area is 110 Å². The molecule has 1 saturated heterocycles. The van der Waals surface area contributed by atoms with Crippen molar-refractivity contribution in [2.75, 3.05) is 13.1 Å². The number of nitrogens with zero attached hydrogens (tertiary/aromatic N) is 3. The molecule has 0 amide bonds. The molecule has 1 aliphatic rings. The predicted octanol–water partition coefficient (Wildman–Crippen LogP) is 1.98. The molecule has 1 aliphatic heterocycles. The topological polar surface area (TPSA) is 41.3 Å². The number of aromatic nitrogens is 2. The molecular formula is C14H25N3O. The standard InChI is InChI=1S/C14H25N3O/c1-4-7-17-11-13(10-15-17)14(18)5-8-16(9-6-14)12(2)3/h10-12,18H,4-9H2,1-3H3. The van der Waals surface area contributed by atoms with Crippen molar-refractivity contribution < 1.29 is 5.11 Å². The van der Waals surface area contributed by atoms with Crippen molar-refractivity contribution in [3.63, 3.8) is 0 Å². The van der Waals surface area contributed by atoms with E-state index in [0.717, 1.165) is 44.5 Å². The smallest absolute Gasteiger partial charge is 0.0951 e. The first-order valence-corrected chi connectivity index (χ1v) is 7.04. The third-order valence-corrected chi connectivity index (χ3v) is 3.98. The molecule has 1 aromatic heterocycles. The van der Waals surface area contributed by atoms with Crippen LogP contribution in [0.3, 0.4) is 0 Å². The van der Waals surface area contributed by atoms with Gasteiger partial charge in [0.2, 0.25) is 0 Å². The van der Waals surface area contributed by atoms with Crippen molar-refractivity contribution in [1.29, 1.82) is 0 Å². The summed E-state index contributed by atoms with van der Waals surface area (Å²) in [5, 5.41) is 15.1. The highest BCUT2D eigenvalue weighted by Gasteiger charge is 2.35. The Morgan fingerprint density at radius 2 is 2.06 bits per heavy atom. The highest BCUT2D eigenvalue weighted by Crippen LogP contribution is 2.33. The van der Waals surface area contributed by atoms with Crippen LogP contribution in [0.25, 0.3) is 0 Å². The third-order valence-electron chi connectivity index (χ3n) is 3.98. The largest absolute Gasteiger partial charge is 0.385 e. The number of rotatable bonds is 4. The summed E-state index contributed by atoms with van der Waals surface area (Å²) in [7, 11) is 0. The fourth-order valence-electron chi connectivity index (χ4n) is 2.65. The van der Waals surface area contributed by atoms with Gasteiger partial charge in [-0.15, -0.1) is 0 Å². The second-order valence-corrected chi connectivity index (χ2v) is 5.65. The van der Waals surface area contributed by atoms with Gasteiger partial charge in [-0.05, 0) is 33.1 Å². The van der Waals surface area contributed by atoms with E-state index in [0.29, 0.717) is 6.04 Å². The molecule has 0 spiro atoms. The molecule has 0 atom stereocenters. The fraction of sp³-hybridized carbons (Fsp3) is 0.786. The summed E-state index contributed by atoms with van der Waals surface area (Å²) in [6.45, 7) is 9.42. The number of aryl methyl sites for hydroxylation is 1. The molecule has 0 aliphatic carbocycles. The Morgan fingerprint density at radius 1 is 1.39 bits per heavy atom. The highest BCUT2D eigenvalue weighted by atomic mass is 16.3. The highest BCUT2D eigenvalue weighted by molar-refractivity contribution is 5.16. The summed E-state index contributed by atoms with van der Waals surface area (Å²) in [6, 6.07) is 0.567. The van der Waals surface area contributed by atoms with Crippen LogP contribution >= 0.6 is 0 Å². The first kappa shape index (κ1) is 13.6. The minimum atomic E-state index is -0.669. The molecule has 0 radical (unpaired) electrons. The van der Waals surface area contributed by atoms with E-state index in [-0.39, 0.29) is 0 Å². The van der Waals surface area contributed by atoms with Crippen LogP contribution in [-0.4, -0.2) is 38.9 Å². The van der Waals surface area contributed by atoms with E-state index in [2.05, 4.69) is 30.8 Å². The zero-order valence-corrected chi connectivity index (χ0v) is 11.8. The van der Waals surface area contributed by atoms with Crippen molar-refractivity contribution in [1.82, 2.24) is 14.7 Å². The first-order chi connectivity index (χ1) is 8.55. The van der Waals surface area contributed by atoms with E-state index >= 15 is 0 Å². The van der Waals surface area contributed by atoms with E-state index in [4.69, 9.17) is 0 Å². The maximum absolute atomic E-state index is 10.7. The van der Waals surface area contributed by atoms with Gasteiger partial charge in [0.1, 0.15) is 0 Å². The molecule has 1 N–H and O–H groups in total. The molecular weight excluding hydrogens is 226 g/mol. The monoisotopic (exact) mass is 251 g/mol. The number of hydrogen-bond acceptors (Lipinski definition) is 3. The Kier molecular flexibility index (Phi) is 4.07. The fourth-order valence-corrected chi connectivity index (χ4v) is 2.65. The van der Waals surface area contributed by atoms with E-state index in [1.807, 2.05) is 17.1 Å². The number of likely N-dealkylation sites (tertiary alicyclic amines) is 1. The van der Waals surface area contributed by atoms with E-state index in [1.165, 1.54) is 0 Å².